The number of ether oxygens (including phenoxy) is 1. The van der Waals surface area contributed by atoms with E-state index in [4.69, 9.17) is 10.5 Å². The molecule has 1 aromatic carbocycles. The van der Waals surface area contributed by atoms with Gasteiger partial charge in [0.15, 0.2) is 0 Å². The van der Waals surface area contributed by atoms with Crippen molar-refractivity contribution in [3.05, 3.63) is 18.2 Å². The van der Waals surface area contributed by atoms with Crippen LogP contribution >= 0.6 is 0 Å². The Morgan fingerprint density at radius 1 is 1.11 bits per heavy atom. The van der Waals surface area contributed by atoms with Crippen LogP contribution < -0.4 is 15.4 Å². The Bertz CT molecular complexity index is 344. The number of nitrogen functional groups attached to an aromatic ring is 1. The molecule has 1 rings (SSSR count). The molecule has 0 aromatic heterocycles. The lowest BCUT2D eigenvalue weighted by Crippen LogP contribution is -2.26. The van der Waals surface area contributed by atoms with Crippen molar-refractivity contribution in [1.29, 1.82) is 0 Å². The van der Waals surface area contributed by atoms with Crippen molar-refractivity contribution in [2.24, 2.45) is 0 Å². The summed E-state index contributed by atoms with van der Waals surface area (Å²) in [6.07, 6.45) is 4.79. The second-order valence-corrected chi connectivity index (χ2v) is 4.62. The zero-order valence-electron chi connectivity index (χ0n) is 11.9. The number of nitrogens with two attached hydrogens (primary N) is 1. The largest absolute Gasteiger partial charge is 0.497 e. The van der Waals surface area contributed by atoms with Gasteiger partial charge >= 0.3 is 0 Å². The molecule has 0 heterocycles. The van der Waals surface area contributed by atoms with Crippen LogP contribution in [0.2, 0.25) is 0 Å². The molecule has 0 saturated carbocycles. The summed E-state index contributed by atoms with van der Waals surface area (Å²) < 4.78 is 5.29. The van der Waals surface area contributed by atoms with Crippen LogP contribution in [0.15, 0.2) is 18.2 Å². The summed E-state index contributed by atoms with van der Waals surface area (Å²) in [7, 11) is 1.69. The Kier molecular flexibility index (Phi) is 6.40. The molecular formula is C15H26N2O. The fourth-order valence-electron chi connectivity index (χ4n) is 1.97. The Morgan fingerprint density at radius 3 is 2.22 bits per heavy atom. The van der Waals surface area contributed by atoms with E-state index in [1.807, 2.05) is 18.2 Å². The van der Waals surface area contributed by atoms with E-state index in [-0.39, 0.29) is 0 Å². The Balaban J connectivity index is 2.87. The fraction of sp³-hybridized carbons (Fsp3) is 0.600. The normalized spacial score (nSPS) is 10.4. The van der Waals surface area contributed by atoms with Crippen LogP contribution in [0.5, 0.6) is 5.75 Å². The number of unbranched alkanes of at least 4 members (excludes halogenated alkanes) is 2. The third-order valence-corrected chi connectivity index (χ3v) is 3.14. The fourth-order valence-corrected chi connectivity index (χ4v) is 1.97. The molecular weight excluding hydrogens is 224 g/mol. The predicted octanol–water partition coefficient (Wildman–Crippen LogP) is 3.68. The quantitative estimate of drug-likeness (QED) is 0.715. The number of hydrogen-bond donors (Lipinski definition) is 1. The van der Waals surface area contributed by atoms with E-state index in [0.29, 0.717) is 0 Å². The molecule has 0 aliphatic carbocycles. The lowest BCUT2D eigenvalue weighted by Gasteiger charge is -2.26. The zero-order valence-corrected chi connectivity index (χ0v) is 11.9. The van der Waals surface area contributed by atoms with Crippen LogP contribution in [0.4, 0.5) is 11.4 Å². The first-order chi connectivity index (χ1) is 8.72. The van der Waals surface area contributed by atoms with E-state index in [2.05, 4.69) is 18.7 Å². The van der Waals surface area contributed by atoms with E-state index >= 15 is 0 Å². The van der Waals surface area contributed by atoms with Gasteiger partial charge in [-0.1, -0.05) is 26.7 Å². The van der Waals surface area contributed by atoms with E-state index < -0.39 is 0 Å². The van der Waals surface area contributed by atoms with Gasteiger partial charge in [0.05, 0.1) is 18.5 Å². The first-order valence-electron chi connectivity index (χ1n) is 6.91. The van der Waals surface area contributed by atoms with Gasteiger partial charge in [0, 0.05) is 19.2 Å². The van der Waals surface area contributed by atoms with Gasteiger partial charge in [-0.2, -0.15) is 0 Å². The summed E-state index contributed by atoms with van der Waals surface area (Å²) in [4.78, 5) is 2.38. The third kappa shape index (κ3) is 4.13. The Hall–Kier alpha value is -1.38. The molecule has 0 aliphatic heterocycles. The molecule has 3 heteroatoms. The topological polar surface area (TPSA) is 38.5 Å². The highest BCUT2D eigenvalue weighted by molar-refractivity contribution is 5.69. The van der Waals surface area contributed by atoms with E-state index in [9.17, 15) is 0 Å². The van der Waals surface area contributed by atoms with Crippen molar-refractivity contribution in [2.45, 2.75) is 39.5 Å². The van der Waals surface area contributed by atoms with Crippen LogP contribution in [-0.2, 0) is 0 Å². The maximum atomic E-state index is 6.09. The lowest BCUT2D eigenvalue weighted by atomic mass is 10.2. The third-order valence-electron chi connectivity index (χ3n) is 3.14. The Morgan fingerprint density at radius 2 is 1.72 bits per heavy atom. The van der Waals surface area contributed by atoms with Gasteiger partial charge in [0.1, 0.15) is 5.75 Å². The molecule has 0 aliphatic rings. The minimum Gasteiger partial charge on any atom is -0.497 e. The zero-order chi connectivity index (χ0) is 13.4. The van der Waals surface area contributed by atoms with E-state index in [0.717, 1.165) is 30.2 Å². The van der Waals surface area contributed by atoms with Crippen LogP contribution in [-0.4, -0.2) is 20.2 Å². The van der Waals surface area contributed by atoms with Crippen molar-refractivity contribution in [1.82, 2.24) is 0 Å². The molecule has 0 amide bonds. The summed E-state index contributed by atoms with van der Waals surface area (Å²) in [5.41, 5.74) is 8.04. The number of anilines is 2. The van der Waals surface area contributed by atoms with Crippen molar-refractivity contribution in [2.75, 3.05) is 30.8 Å². The summed E-state index contributed by atoms with van der Waals surface area (Å²) >= 11 is 0. The van der Waals surface area contributed by atoms with Gasteiger partial charge < -0.3 is 15.4 Å². The molecule has 3 nitrogen and oxygen atoms in total. The van der Waals surface area contributed by atoms with Crippen LogP contribution in [0, 0.1) is 0 Å². The molecule has 0 unspecified atom stereocenters. The van der Waals surface area contributed by atoms with Gasteiger partial charge in [-0.3, -0.25) is 0 Å². The molecule has 18 heavy (non-hydrogen) atoms. The highest BCUT2D eigenvalue weighted by Gasteiger charge is 2.10. The van der Waals surface area contributed by atoms with E-state index in [1.54, 1.807) is 7.11 Å². The summed E-state index contributed by atoms with van der Waals surface area (Å²) in [6.45, 7) is 6.56. The monoisotopic (exact) mass is 250 g/mol. The van der Waals surface area contributed by atoms with Crippen molar-refractivity contribution in [3.63, 3.8) is 0 Å². The maximum Gasteiger partial charge on any atom is 0.121 e. The molecule has 1 aromatic rings. The first kappa shape index (κ1) is 14.7. The number of nitrogens with zero attached hydrogens (tertiary/aromatic N) is 1. The van der Waals surface area contributed by atoms with Gasteiger partial charge in [-0.25, -0.2) is 0 Å². The summed E-state index contributed by atoms with van der Waals surface area (Å²) in [6, 6.07) is 5.89. The number of rotatable bonds is 8. The van der Waals surface area contributed by atoms with Crippen LogP contribution in [0.25, 0.3) is 0 Å². The average molecular weight is 250 g/mol. The molecule has 0 saturated heterocycles. The standard InChI is InChI=1S/C15H26N2O/c1-4-6-10-17(11-7-5-2)15-12-13(18-3)8-9-14(15)16/h8-9,12H,4-7,10-11,16H2,1-3H3. The van der Waals surface area contributed by atoms with Crippen molar-refractivity contribution >= 4 is 11.4 Å². The molecule has 0 atom stereocenters. The molecule has 0 spiro atoms. The number of methoxy groups -OCH3 is 1. The average Bonchev–Trinajstić information content (AvgIpc) is 2.40. The molecule has 102 valence electrons. The minimum absolute atomic E-state index is 0.836. The molecule has 2 N–H and O–H groups in total. The van der Waals surface area contributed by atoms with Gasteiger partial charge in [-0.15, -0.1) is 0 Å². The second-order valence-electron chi connectivity index (χ2n) is 4.62. The summed E-state index contributed by atoms with van der Waals surface area (Å²) in [5, 5.41) is 0. The first-order valence-corrected chi connectivity index (χ1v) is 6.91. The second kappa shape index (κ2) is 7.85. The van der Waals surface area contributed by atoms with Crippen LogP contribution in [0.3, 0.4) is 0 Å². The highest BCUT2D eigenvalue weighted by Crippen LogP contribution is 2.28. The van der Waals surface area contributed by atoms with Crippen LogP contribution in [0.1, 0.15) is 39.5 Å². The smallest absolute Gasteiger partial charge is 0.121 e. The number of benzene rings is 1. The minimum atomic E-state index is 0.836. The van der Waals surface area contributed by atoms with Gasteiger partial charge in [-0.05, 0) is 25.0 Å². The van der Waals surface area contributed by atoms with Gasteiger partial charge in [0.2, 0.25) is 0 Å². The van der Waals surface area contributed by atoms with Crippen molar-refractivity contribution in [3.8, 4) is 5.75 Å². The van der Waals surface area contributed by atoms with Crippen molar-refractivity contribution < 1.29 is 4.74 Å². The molecule has 0 fully saturated rings. The maximum absolute atomic E-state index is 6.09. The van der Waals surface area contributed by atoms with Gasteiger partial charge in [0.25, 0.3) is 0 Å². The molecule has 0 bridgehead atoms. The Labute approximate surface area is 111 Å². The lowest BCUT2D eigenvalue weighted by molar-refractivity contribution is 0.415. The predicted molar refractivity (Wildman–Crippen MR) is 79.4 cm³/mol. The SMILES string of the molecule is CCCCN(CCCC)c1cc(OC)ccc1N. The summed E-state index contributed by atoms with van der Waals surface area (Å²) in [5.74, 6) is 0.872. The van der Waals surface area contributed by atoms with E-state index in [1.165, 1.54) is 25.7 Å². The molecule has 0 radical (unpaired) electrons. The number of hydrogen-bond acceptors (Lipinski definition) is 3. The highest BCUT2D eigenvalue weighted by atomic mass is 16.5.